The molecule has 3 aromatic rings. The van der Waals surface area contributed by atoms with Crippen LogP contribution < -0.4 is 5.32 Å². The molecular formula is C22H24N2OS2. The molecular weight excluding hydrogens is 372 g/mol. The van der Waals surface area contributed by atoms with Gasteiger partial charge in [0.15, 0.2) is 0 Å². The van der Waals surface area contributed by atoms with Crippen molar-refractivity contribution in [3.05, 3.63) is 88.6 Å². The summed E-state index contributed by atoms with van der Waals surface area (Å²) in [5.74, 6) is 0.0402. The average molecular weight is 397 g/mol. The number of rotatable bonds is 8. The Morgan fingerprint density at radius 2 is 1.67 bits per heavy atom. The Kier molecular flexibility index (Phi) is 7.10. The molecule has 1 heterocycles. The SMILES string of the molecule is CN(C)[C@H](CNC(=O)[C@H](Sc1ccccc1)c1ccccc1)c1cccs1. The monoisotopic (exact) mass is 396 g/mol. The third-order valence-electron chi connectivity index (χ3n) is 4.30. The van der Waals surface area contributed by atoms with Gasteiger partial charge < -0.3 is 10.2 Å². The summed E-state index contributed by atoms with van der Waals surface area (Å²) in [5.41, 5.74) is 1.02. The minimum atomic E-state index is -0.278. The van der Waals surface area contributed by atoms with E-state index in [1.165, 1.54) is 4.88 Å². The topological polar surface area (TPSA) is 32.3 Å². The molecule has 0 aliphatic carbocycles. The van der Waals surface area contributed by atoms with Crippen LogP contribution in [0.3, 0.4) is 0 Å². The number of nitrogens with zero attached hydrogens (tertiary/aromatic N) is 1. The smallest absolute Gasteiger partial charge is 0.238 e. The summed E-state index contributed by atoms with van der Waals surface area (Å²) in [6.07, 6.45) is 0. The second-order valence-corrected chi connectivity index (χ2v) is 8.62. The lowest BCUT2D eigenvalue weighted by Crippen LogP contribution is -2.36. The summed E-state index contributed by atoms with van der Waals surface area (Å²) in [4.78, 5) is 17.6. The Morgan fingerprint density at radius 1 is 1.00 bits per heavy atom. The van der Waals surface area contributed by atoms with Crippen molar-refractivity contribution in [1.82, 2.24) is 10.2 Å². The lowest BCUT2D eigenvalue weighted by Gasteiger charge is -2.25. The second-order valence-electron chi connectivity index (χ2n) is 6.46. The number of thioether (sulfide) groups is 1. The first-order chi connectivity index (χ1) is 13.1. The van der Waals surface area contributed by atoms with Gasteiger partial charge in [-0.2, -0.15) is 0 Å². The molecule has 5 heteroatoms. The van der Waals surface area contributed by atoms with E-state index in [-0.39, 0.29) is 17.2 Å². The maximum atomic E-state index is 13.1. The van der Waals surface area contributed by atoms with Crippen molar-refractivity contribution >= 4 is 29.0 Å². The fourth-order valence-corrected chi connectivity index (χ4v) is 4.84. The van der Waals surface area contributed by atoms with Crippen molar-refractivity contribution in [2.45, 2.75) is 16.2 Å². The van der Waals surface area contributed by atoms with E-state index in [2.05, 4.69) is 27.7 Å². The van der Waals surface area contributed by atoms with E-state index >= 15 is 0 Å². The van der Waals surface area contributed by atoms with E-state index in [9.17, 15) is 4.79 Å². The van der Waals surface area contributed by atoms with Crippen LogP contribution in [0.15, 0.2) is 83.1 Å². The standard InChI is InChI=1S/C22H24N2OS2/c1-24(2)19(20-14-9-15-26-20)16-23-22(25)21(17-10-5-3-6-11-17)27-18-12-7-4-8-13-18/h3-15,19,21H,16H2,1-2H3,(H,23,25)/t19-,21-/m1/s1. The predicted molar refractivity (Wildman–Crippen MR) is 115 cm³/mol. The first kappa shape index (κ1) is 19.7. The molecule has 1 aromatic heterocycles. The van der Waals surface area contributed by atoms with Gasteiger partial charge in [-0.1, -0.05) is 54.6 Å². The van der Waals surface area contributed by atoms with Gasteiger partial charge in [0, 0.05) is 16.3 Å². The highest BCUT2D eigenvalue weighted by atomic mass is 32.2. The summed E-state index contributed by atoms with van der Waals surface area (Å²) < 4.78 is 0. The first-order valence-electron chi connectivity index (χ1n) is 8.89. The van der Waals surface area contributed by atoms with Crippen LogP contribution in [0.2, 0.25) is 0 Å². The van der Waals surface area contributed by atoms with E-state index in [1.54, 1.807) is 23.1 Å². The number of hydrogen-bond acceptors (Lipinski definition) is 4. The highest BCUT2D eigenvalue weighted by molar-refractivity contribution is 8.00. The maximum Gasteiger partial charge on any atom is 0.238 e. The Bertz CT molecular complexity index is 820. The molecule has 1 N–H and O–H groups in total. The molecule has 2 atom stereocenters. The number of amides is 1. The minimum Gasteiger partial charge on any atom is -0.353 e. The van der Waals surface area contributed by atoms with Crippen LogP contribution in [-0.2, 0) is 4.79 Å². The van der Waals surface area contributed by atoms with Crippen molar-refractivity contribution in [3.8, 4) is 0 Å². The molecule has 0 saturated carbocycles. The number of carbonyl (C=O) groups excluding carboxylic acids is 1. The number of carbonyl (C=O) groups is 1. The van der Waals surface area contributed by atoms with E-state index < -0.39 is 0 Å². The summed E-state index contributed by atoms with van der Waals surface area (Å²) in [5, 5.41) is 4.97. The fourth-order valence-electron chi connectivity index (χ4n) is 2.84. The van der Waals surface area contributed by atoms with E-state index in [0.717, 1.165) is 10.5 Å². The average Bonchev–Trinajstić information content (AvgIpc) is 3.22. The van der Waals surface area contributed by atoms with E-state index in [0.29, 0.717) is 6.54 Å². The van der Waals surface area contributed by atoms with Crippen LogP contribution in [0.25, 0.3) is 0 Å². The number of thiophene rings is 1. The van der Waals surface area contributed by atoms with Crippen LogP contribution >= 0.6 is 23.1 Å². The zero-order valence-corrected chi connectivity index (χ0v) is 17.2. The molecule has 0 saturated heterocycles. The van der Waals surface area contributed by atoms with Crippen LogP contribution in [0.4, 0.5) is 0 Å². The largest absolute Gasteiger partial charge is 0.353 e. The lowest BCUT2D eigenvalue weighted by molar-refractivity contribution is -0.120. The van der Waals surface area contributed by atoms with Gasteiger partial charge in [0.25, 0.3) is 0 Å². The summed E-state index contributed by atoms with van der Waals surface area (Å²) in [6.45, 7) is 0.588. The van der Waals surface area contributed by atoms with E-state index in [4.69, 9.17) is 0 Å². The third-order valence-corrected chi connectivity index (χ3v) is 6.54. The Hall–Kier alpha value is -2.08. The number of hydrogen-bond donors (Lipinski definition) is 1. The van der Waals surface area contributed by atoms with Gasteiger partial charge in [-0.05, 0) is 43.2 Å². The van der Waals surface area contributed by atoms with Gasteiger partial charge in [-0.25, -0.2) is 0 Å². The van der Waals surface area contributed by atoms with Gasteiger partial charge in [-0.3, -0.25) is 4.79 Å². The van der Waals surface area contributed by atoms with Crippen molar-refractivity contribution in [2.75, 3.05) is 20.6 Å². The molecule has 0 spiro atoms. The Balaban J connectivity index is 1.74. The van der Waals surface area contributed by atoms with Crippen molar-refractivity contribution in [2.24, 2.45) is 0 Å². The van der Waals surface area contributed by atoms with E-state index in [1.807, 2.05) is 74.8 Å². The van der Waals surface area contributed by atoms with Crippen LogP contribution in [0.1, 0.15) is 21.7 Å². The molecule has 140 valence electrons. The molecule has 0 aliphatic heterocycles. The maximum absolute atomic E-state index is 13.1. The molecule has 2 aromatic carbocycles. The van der Waals surface area contributed by atoms with Crippen LogP contribution in [0.5, 0.6) is 0 Å². The quantitative estimate of drug-likeness (QED) is 0.544. The third kappa shape index (κ3) is 5.45. The Labute approximate surface area is 169 Å². The molecule has 27 heavy (non-hydrogen) atoms. The minimum absolute atomic E-state index is 0.0402. The van der Waals surface area contributed by atoms with Gasteiger partial charge >= 0.3 is 0 Å². The van der Waals surface area contributed by atoms with Crippen LogP contribution in [-0.4, -0.2) is 31.4 Å². The molecule has 0 fully saturated rings. The molecule has 0 aliphatic rings. The fraction of sp³-hybridized carbons (Fsp3) is 0.227. The number of nitrogens with one attached hydrogen (secondary N) is 1. The number of benzene rings is 2. The lowest BCUT2D eigenvalue weighted by atomic mass is 10.1. The normalized spacial score (nSPS) is 13.3. The molecule has 0 radical (unpaired) electrons. The zero-order chi connectivity index (χ0) is 19.1. The van der Waals surface area contributed by atoms with Gasteiger partial charge in [0.2, 0.25) is 5.91 Å². The summed E-state index contributed by atoms with van der Waals surface area (Å²) in [7, 11) is 4.09. The van der Waals surface area contributed by atoms with Crippen molar-refractivity contribution in [1.29, 1.82) is 0 Å². The second kappa shape index (κ2) is 9.74. The molecule has 3 nitrogen and oxygen atoms in total. The highest BCUT2D eigenvalue weighted by Crippen LogP contribution is 2.35. The van der Waals surface area contributed by atoms with Crippen molar-refractivity contribution in [3.63, 3.8) is 0 Å². The summed E-state index contributed by atoms with van der Waals surface area (Å²) in [6, 6.07) is 24.4. The molecule has 0 bridgehead atoms. The molecule has 0 unspecified atom stereocenters. The van der Waals surface area contributed by atoms with Crippen molar-refractivity contribution < 1.29 is 4.79 Å². The van der Waals surface area contributed by atoms with Gasteiger partial charge in [-0.15, -0.1) is 23.1 Å². The highest BCUT2D eigenvalue weighted by Gasteiger charge is 2.24. The van der Waals surface area contributed by atoms with Gasteiger partial charge in [0.05, 0.1) is 6.04 Å². The molecule has 1 amide bonds. The summed E-state index contributed by atoms with van der Waals surface area (Å²) >= 11 is 3.30. The molecule has 3 rings (SSSR count). The Morgan fingerprint density at radius 3 is 2.26 bits per heavy atom. The van der Waals surface area contributed by atoms with Gasteiger partial charge in [0.1, 0.15) is 5.25 Å². The number of likely N-dealkylation sites (N-methyl/N-ethyl adjacent to an activating group) is 1. The zero-order valence-electron chi connectivity index (χ0n) is 15.5. The first-order valence-corrected chi connectivity index (χ1v) is 10.7. The predicted octanol–water partition coefficient (Wildman–Crippen LogP) is 5.00. The van der Waals surface area contributed by atoms with Crippen LogP contribution in [0, 0.1) is 0 Å².